The first-order chi connectivity index (χ1) is 17.4. The molecule has 1 nitrogen and oxygen atoms in total. The quantitative estimate of drug-likeness (QED) is 0.130. The lowest BCUT2D eigenvalue weighted by Crippen LogP contribution is -1.98. The van der Waals surface area contributed by atoms with Crippen molar-refractivity contribution in [2.45, 2.75) is 39.0 Å². The van der Waals surface area contributed by atoms with Crippen LogP contribution in [-0.4, -0.2) is 6.29 Å². The molecule has 0 aromatic heterocycles. The van der Waals surface area contributed by atoms with Crippen LogP contribution >= 0.6 is 0 Å². The normalized spacial score (nSPS) is 11.0. The molecular formula is C31H26F4O. The molecule has 0 saturated carbocycles. The fourth-order valence-electron chi connectivity index (χ4n) is 4.33. The molecule has 0 heterocycles. The smallest absolute Gasteiger partial charge is 0.131 e. The molecule has 0 unspecified atom stereocenters. The van der Waals surface area contributed by atoms with Gasteiger partial charge in [-0.15, -0.1) is 0 Å². The summed E-state index contributed by atoms with van der Waals surface area (Å²) in [6, 6.07) is 18.9. The van der Waals surface area contributed by atoms with Crippen molar-refractivity contribution in [3.63, 3.8) is 0 Å². The van der Waals surface area contributed by atoms with Crippen LogP contribution in [0.25, 0.3) is 33.4 Å². The number of hydrogen-bond donors (Lipinski definition) is 0. The van der Waals surface area contributed by atoms with Gasteiger partial charge in [-0.05, 0) is 64.9 Å². The molecule has 0 N–H and O–H groups in total. The maximum atomic E-state index is 15.0. The number of benzene rings is 4. The summed E-state index contributed by atoms with van der Waals surface area (Å²) in [5.41, 5.74) is 3.00. The summed E-state index contributed by atoms with van der Waals surface area (Å²) in [4.78, 5) is 10.6. The van der Waals surface area contributed by atoms with Gasteiger partial charge in [0.1, 0.15) is 29.6 Å². The molecule has 0 aliphatic rings. The number of aldehydes is 1. The summed E-state index contributed by atoms with van der Waals surface area (Å²) in [6.45, 7) is 2.17. The third-order valence-corrected chi connectivity index (χ3v) is 6.34. The van der Waals surface area contributed by atoms with E-state index in [4.69, 9.17) is 0 Å². The second-order valence-electron chi connectivity index (χ2n) is 8.83. The van der Waals surface area contributed by atoms with E-state index in [9.17, 15) is 18.0 Å². The van der Waals surface area contributed by atoms with Crippen molar-refractivity contribution in [1.29, 1.82) is 0 Å². The lowest BCUT2D eigenvalue weighted by molar-refractivity contribution is -0.107. The lowest BCUT2D eigenvalue weighted by atomic mass is 9.96. The van der Waals surface area contributed by atoms with E-state index in [0.29, 0.717) is 11.8 Å². The molecule has 4 rings (SSSR count). The van der Waals surface area contributed by atoms with Gasteiger partial charge >= 0.3 is 0 Å². The maximum absolute atomic E-state index is 15.0. The topological polar surface area (TPSA) is 17.1 Å². The minimum atomic E-state index is -0.920. The molecule has 0 saturated heterocycles. The number of carbonyl (C=O) groups is 1. The lowest BCUT2D eigenvalue weighted by Gasteiger charge is -2.11. The molecule has 0 atom stereocenters. The summed E-state index contributed by atoms with van der Waals surface area (Å²) < 4.78 is 58.4. The molecule has 4 aromatic rings. The molecule has 0 bridgehead atoms. The predicted octanol–water partition coefficient (Wildman–Crippen LogP) is 8.72. The Morgan fingerprint density at radius 2 is 1.14 bits per heavy atom. The summed E-state index contributed by atoms with van der Waals surface area (Å²) in [5.74, 6) is -3.08. The molecule has 0 spiro atoms. The number of unbranched alkanes of at least 4 members (excludes halogenated alkanes) is 2. The van der Waals surface area contributed by atoms with Crippen molar-refractivity contribution < 1.29 is 22.4 Å². The number of rotatable bonds is 9. The van der Waals surface area contributed by atoms with Gasteiger partial charge in [0.05, 0.1) is 0 Å². The number of aryl methyl sites for hydroxylation is 1. The highest BCUT2D eigenvalue weighted by Crippen LogP contribution is 2.33. The standard InChI is InChI=1S/C31H26F4O/c1-2-3-4-5-20-6-8-21(9-7-20)22-10-12-25(28(32)16-22)23-11-13-26(29(33)17-23)24-18-30(34)27(14-15-36)31(35)19-24/h6-13,15-19H,2-5,14H2,1H3. The van der Waals surface area contributed by atoms with Crippen molar-refractivity contribution in [2.24, 2.45) is 0 Å². The molecule has 36 heavy (non-hydrogen) atoms. The second kappa shape index (κ2) is 11.3. The fraction of sp³-hybridized carbons (Fsp3) is 0.194. The number of carbonyl (C=O) groups excluding carboxylic acids is 1. The highest BCUT2D eigenvalue weighted by molar-refractivity contribution is 5.74. The van der Waals surface area contributed by atoms with Crippen LogP contribution < -0.4 is 0 Å². The maximum Gasteiger partial charge on any atom is 0.131 e. The van der Waals surface area contributed by atoms with Gasteiger partial charge in [0, 0.05) is 23.1 Å². The minimum Gasteiger partial charge on any atom is -0.303 e. The van der Waals surface area contributed by atoms with Gasteiger partial charge in [0.15, 0.2) is 0 Å². The monoisotopic (exact) mass is 490 g/mol. The van der Waals surface area contributed by atoms with Gasteiger partial charge in [-0.1, -0.05) is 68.3 Å². The number of hydrogen-bond acceptors (Lipinski definition) is 1. The van der Waals surface area contributed by atoms with E-state index < -0.39 is 29.7 Å². The van der Waals surface area contributed by atoms with Crippen molar-refractivity contribution in [3.8, 4) is 33.4 Å². The van der Waals surface area contributed by atoms with E-state index in [-0.39, 0.29) is 22.3 Å². The highest BCUT2D eigenvalue weighted by atomic mass is 19.1. The Labute approximate surface area is 208 Å². The second-order valence-corrected chi connectivity index (χ2v) is 8.83. The summed E-state index contributed by atoms with van der Waals surface area (Å²) in [5, 5.41) is 0. The van der Waals surface area contributed by atoms with E-state index in [1.165, 1.54) is 36.6 Å². The zero-order valence-corrected chi connectivity index (χ0v) is 20.0. The Hall–Kier alpha value is -3.73. The highest BCUT2D eigenvalue weighted by Gasteiger charge is 2.16. The molecule has 4 aromatic carbocycles. The third-order valence-electron chi connectivity index (χ3n) is 6.34. The van der Waals surface area contributed by atoms with Crippen LogP contribution in [0.3, 0.4) is 0 Å². The SMILES string of the molecule is CCCCCc1ccc(-c2ccc(-c3ccc(-c4cc(F)c(CC=O)c(F)c4)c(F)c3)c(F)c2)cc1. The van der Waals surface area contributed by atoms with Gasteiger partial charge in [0.25, 0.3) is 0 Å². The molecule has 0 fully saturated rings. The summed E-state index contributed by atoms with van der Waals surface area (Å²) >= 11 is 0. The molecule has 0 aliphatic heterocycles. The average Bonchev–Trinajstić information content (AvgIpc) is 2.86. The van der Waals surface area contributed by atoms with Gasteiger partial charge in [-0.3, -0.25) is 0 Å². The third kappa shape index (κ3) is 5.56. The molecule has 0 aliphatic carbocycles. The van der Waals surface area contributed by atoms with Gasteiger partial charge < -0.3 is 4.79 Å². The first kappa shape index (κ1) is 25.4. The van der Waals surface area contributed by atoms with E-state index >= 15 is 4.39 Å². The first-order valence-corrected chi connectivity index (χ1v) is 12.0. The van der Waals surface area contributed by atoms with E-state index in [2.05, 4.69) is 19.1 Å². The van der Waals surface area contributed by atoms with Crippen molar-refractivity contribution in [2.75, 3.05) is 0 Å². The molecule has 0 amide bonds. The van der Waals surface area contributed by atoms with Gasteiger partial charge in [-0.25, -0.2) is 17.6 Å². The largest absolute Gasteiger partial charge is 0.303 e. The summed E-state index contributed by atoms with van der Waals surface area (Å²) in [6.07, 6.45) is 4.52. The van der Waals surface area contributed by atoms with Crippen LogP contribution in [0.4, 0.5) is 17.6 Å². The molecular weight excluding hydrogens is 464 g/mol. The van der Waals surface area contributed by atoms with Gasteiger partial charge in [-0.2, -0.15) is 0 Å². The van der Waals surface area contributed by atoms with Crippen LogP contribution in [-0.2, 0) is 17.6 Å². The van der Waals surface area contributed by atoms with Crippen LogP contribution in [0.15, 0.2) is 72.8 Å². The van der Waals surface area contributed by atoms with Gasteiger partial charge in [0.2, 0.25) is 0 Å². The predicted molar refractivity (Wildman–Crippen MR) is 136 cm³/mol. The molecule has 184 valence electrons. The Morgan fingerprint density at radius 3 is 1.72 bits per heavy atom. The summed E-state index contributed by atoms with van der Waals surface area (Å²) in [7, 11) is 0. The first-order valence-electron chi connectivity index (χ1n) is 12.0. The zero-order valence-electron chi connectivity index (χ0n) is 20.0. The van der Waals surface area contributed by atoms with E-state index in [0.717, 1.165) is 42.2 Å². The van der Waals surface area contributed by atoms with Crippen molar-refractivity contribution in [3.05, 3.63) is 107 Å². The van der Waals surface area contributed by atoms with Crippen molar-refractivity contribution in [1.82, 2.24) is 0 Å². The molecule has 5 heteroatoms. The van der Waals surface area contributed by atoms with E-state index in [1.54, 1.807) is 12.1 Å². The van der Waals surface area contributed by atoms with Crippen LogP contribution in [0.1, 0.15) is 37.3 Å². The molecule has 0 radical (unpaired) electrons. The fourth-order valence-corrected chi connectivity index (χ4v) is 4.33. The Morgan fingerprint density at radius 1 is 0.611 bits per heavy atom. The minimum absolute atomic E-state index is 0.00217. The average molecular weight is 491 g/mol. The Balaban J connectivity index is 1.57. The van der Waals surface area contributed by atoms with Crippen LogP contribution in [0.2, 0.25) is 0 Å². The zero-order chi connectivity index (χ0) is 25.7. The van der Waals surface area contributed by atoms with Crippen LogP contribution in [0, 0.1) is 23.3 Å². The Kier molecular flexibility index (Phi) is 7.99. The Bertz CT molecular complexity index is 1350. The van der Waals surface area contributed by atoms with Crippen LogP contribution in [0.5, 0.6) is 0 Å². The van der Waals surface area contributed by atoms with Crippen molar-refractivity contribution >= 4 is 6.29 Å². The van der Waals surface area contributed by atoms with E-state index in [1.807, 2.05) is 12.1 Å². The number of halogens is 4.